The van der Waals surface area contributed by atoms with Crippen molar-refractivity contribution in [3.05, 3.63) is 23.8 Å². The molecule has 3 N–H and O–H groups in total. The molecule has 0 spiro atoms. The van der Waals surface area contributed by atoms with E-state index < -0.39 is 0 Å². The zero-order valence-electron chi connectivity index (χ0n) is 9.61. The van der Waals surface area contributed by atoms with E-state index in [-0.39, 0.29) is 27.8 Å². The van der Waals surface area contributed by atoms with Crippen LogP contribution in [0.25, 0.3) is 0 Å². The first-order valence-corrected chi connectivity index (χ1v) is 6.40. The van der Waals surface area contributed by atoms with Gasteiger partial charge in [0.2, 0.25) is 0 Å². The first kappa shape index (κ1) is 13.8. The smallest absolute Gasteiger partial charge is 0.255 e. The third kappa shape index (κ3) is 4.26. The fourth-order valence-corrected chi connectivity index (χ4v) is 2.05. The van der Waals surface area contributed by atoms with Gasteiger partial charge in [0, 0.05) is 17.4 Å². The Balaban J connectivity index is 2.58. The maximum atomic E-state index is 11.7. The Morgan fingerprint density at radius 3 is 2.76 bits per heavy atom. The highest BCUT2D eigenvalue weighted by Gasteiger charge is 2.12. The number of amides is 1. The zero-order chi connectivity index (χ0) is 12.8. The number of hydrogen-bond donors (Lipinski definition) is 3. The molecule has 0 aromatic heterocycles. The monoisotopic (exact) mass is 301 g/mol. The number of rotatable bonds is 5. The second kappa shape index (κ2) is 6.49. The lowest BCUT2D eigenvalue weighted by Crippen LogP contribution is -2.29. The quantitative estimate of drug-likeness (QED) is 0.731. The molecule has 1 amide bonds. The molecule has 5 heteroatoms. The van der Waals surface area contributed by atoms with Gasteiger partial charge in [-0.05, 0) is 18.6 Å². The van der Waals surface area contributed by atoms with E-state index in [1.54, 1.807) is 0 Å². The van der Waals surface area contributed by atoms with Gasteiger partial charge in [0.15, 0.2) is 0 Å². The Morgan fingerprint density at radius 1 is 1.47 bits per heavy atom. The number of hydrogen-bond acceptors (Lipinski definition) is 3. The first-order valence-electron chi connectivity index (χ1n) is 5.48. The lowest BCUT2D eigenvalue weighted by atomic mass is 10.1. The van der Waals surface area contributed by atoms with E-state index in [0.717, 1.165) is 18.9 Å². The lowest BCUT2D eigenvalue weighted by Gasteiger charge is -2.10. The van der Waals surface area contributed by atoms with Gasteiger partial charge < -0.3 is 15.5 Å². The number of carbonyl (C=O) groups excluding carboxylic acids is 1. The van der Waals surface area contributed by atoms with E-state index in [0.29, 0.717) is 6.54 Å². The van der Waals surface area contributed by atoms with Crippen molar-refractivity contribution in [1.82, 2.24) is 5.32 Å². The van der Waals surface area contributed by atoms with Crippen LogP contribution in [0.1, 0.15) is 30.1 Å². The summed E-state index contributed by atoms with van der Waals surface area (Å²) < 4.78 is 0. The third-order valence-corrected chi connectivity index (χ3v) is 3.09. The highest BCUT2D eigenvalue weighted by atomic mass is 79.9. The number of benzene rings is 1. The van der Waals surface area contributed by atoms with Gasteiger partial charge in [0.05, 0.1) is 5.56 Å². The van der Waals surface area contributed by atoms with Gasteiger partial charge in [-0.3, -0.25) is 4.79 Å². The molecule has 1 unspecified atom stereocenters. The Bertz CT molecular complexity index is 395. The summed E-state index contributed by atoms with van der Waals surface area (Å²) in [4.78, 5) is 11.9. The van der Waals surface area contributed by atoms with E-state index in [4.69, 9.17) is 5.11 Å². The molecule has 0 aliphatic heterocycles. The van der Waals surface area contributed by atoms with Crippen LogP contribution >= 0.6 is 15.9 Å². The summed E-state index contributed by atoms with van der Waals surface area (Å²) in [5, 5.41) is 21.3. The minimum absolute atomic E-state index is 0.0663. The molecule has 1 atom stereocenters. The molecular formula is C12H16BrNO3. The maximum Gasteiger partial charge on any atom is 0.255 e. The molecule has 0 aliphatic rings. The summed E-state index contributed by atoms with van der Waals surface area (Å²) in [5.74, 6) is -0.629. The van der Waals surface area contributed by atoms with Crippen LogP contribution in [-0.4, -0.2) is 27.5 Å². The number of phenolic OH excluding ortho intramolecular Hbond substituents is 2. The molecule has 0 heterocycles. The minimum atomic E-state index is -0.344. The molecule has 0 fully saturated rings. The number of aromatic hydroxyl groups is 2. The molecule has 1 aromatic carbocycles. The molecule has 0 bridgehead atoms. The molecule has 0 radical (unpaired) electrons. The van der Waals surface area contributed by atoms with E-state index in [9.17, 15) is 9.90 Å². The normalized spacial score (nSPS) is 12.1. The fourth-order valence-electron chi connectivity index (χ4n) is 1.43. The minimum Gasteiger partial charge on any atom is -0.508 e. The van der Waals surface area contributed by atoms with E-state index >= 15 is 0 Å². The average Bonchev–Trinajstić information content (AvgIpc) is 2.26. The number of alkyl halides is 1. The molecule has 0 saturated carbocycles. The molecule has 4 nitrogen and oxygen atoms in total. The molecular weight excluding hydrogens is 286 g/mol. The Hall–Kier alpha value is -1.23. The summed E-state index contributed by atoms with van der Waals surface area (Å²) >= 11 is 3.45. The topological polar surface area (TPSA) is 69.6 Å². The first-order chi connectivity index (χ1) is 8.04. The second-order valence-corrected chi connectivity index (χ2v) is 5.09. The summed E-state index contributed by atoms with van der Waals surface area (Å²) in [5.41, 5.74) is 0.166. The fraction of sp³-hybridized carbons (Fsp3) is 0.417. The number of phenols is 2. The Morgan fingerprint density at radius 2 is 2.18 bits per heavy atom. The van der Waals surface area contributed by atoms with Crippen molar-refractivity contribution < 1.29 is 15.0 Å². The molecule has 17 heavy (non-hydrogen) atoms. The van der Waals surface area contributed by atoms with Crippen LogP contribution in [0.5, 0.6) is 11.5 Å². The third-order valence-electron chi connectivity index (χ3n) is 2.31. The van der Waals surface area contributed by atoms with Crippen molar-refractivity contribution in [1.29, 1.82) is 0 Å². The van der Waals surface area contributed by atoms with Crippen LogP contribution in [0.4, 0.5) is 0 Å². The molecule has 1 aromatic rings. The molecule has 0 saturated heterocycles. The number of nitrogens with one attached hydrogen (secondary N) is 1. The summed E-state index contributed by atoms with van der Waals surface area (Å²) in [7, 11) is 0. The highest BCUT2D eigenvalue weighted by Crippen LogP contribution is 2.22. The largest absolute Gasteiger partial charge is 0.508 e. The van der Waals surface area contributed by atoms with Crippen molar-refractivity contribution in [2.75, 3.05) is 6.54 Å². The maximum absolute atomic E-state index is 11.7. The van der Waals surface area contributed by atoms with E-state index in [1.165, 1.54) is 12.1 Å². The van der Waals surface area contributed by atoms with Crippen LogP contribution < -0.4 is 5.32 Å². The van der Waals surface area contributed by atoms with Gasteiger partial charge in [-0.1, -0.05) is 29.3 Å². The predicted molar refractivity (Wildman–Crippen MR) is 69.7 cm³/mol. The van der Waals surface area contributed by atoms with Gasteiger partial charge in [-0.2, -0.15) is 0 Å². The highest BCUT2D eigenvalue weighted by molar-refractivity contribution is 9.09. The van der Waals surface area contributed by atoms with Crippen molar-refractivity contribution in [3.8, 4) is 11.5 Å². The standard InChI is InChI=1S/C12H16BrNO3/c1-2-3-8(13)7-14-12(17)10-5-4-9(15)6-11(10)16/h4-6,8,15-16H,2-3,7H2,1H3,(H,14,17). The van der Waals surface area contributed by atoms with Crippen LogP contribution in [0.3, 0.4) is 0 Å². The Kier molecular flexibility index (Phi) is 5.28. The number of carbonyl (C=O) groups is 1. The zero-order valence-corrected chi connectivity index (χ0v) is 11.2. The summed E-state index contributed by atoms with van der Waals surface area (Å²) in [6.07, 6.45) is 2.01. The van der Waals surface area contributed by atoms with E-state index in [1.807, 2.05) is 0 Å². The van der Waals surface area contributed by atoms with Crippen molar-refractivity contribution in [2.45, 2.75) is 24.6 Å². The predicted octanol–water partition coefficient (Wildman–Crippen LogP) is 2.39. The number of halogens is 1. The average molecular weight is 302 g/mol. The van der Waals surface area contributed by atoms with Crippen LogP contribution in [0.15, 0.2) is 18.2 Å². The van der Waals surface area contributed by atoms with Gasteiger partial charge >= 0.3 is 0 Å². The Labute approximate surface area is 109 Å². The molecule has 1 rings (SSSR count). The molecule has 94 valence electrons. The van der Waals surface area contributed by atoms with E-state index in [2.05, 4.69) is 28.2 Å². The second-order valence-electron chi connectivity index (χ2n) is 3.80. The van der Waals surface area contributed by atoms with Gasteiger partial charge in [0.1, 0.15) is 11.5 Å². The van der Waals surface area contributed by atoms with Crippen molar-refractivity contribution >= 4 is 21.8 Å². The van der Waals surface area contributed by atoms with Crippen LogP contribution in [-0.2, 0) is 0 Å². The summed E-state index contributed by atoms with van der Waals surface area (Å²) in [6, 6.07) is 3.90. The lowest BCUT2D eigenvalue weighted by molar-refractivity contribution is 0.0951. The van der Waals surface area contributed by atoms with Crippen LogP contribution in [0, 0.1) is 0 Å². The summed E-state index contributed by atoms with van der Waals surface area (Å²) in [6.45, 7) is 2.58. The van der Waals surface area contributed by atoms with Crippen LogP contribution in [0.2, 0.25) is 0 Å². The molecule has 0 aliphatic carbocycles. The van der Waals surface area contributed by atoms with Crippen molar-refractivity contribution in [3.63, 3.8) is 0 Å². The van der Waals surface area contributed by atoms with Gasteiger partial charge in [-0.25, -0.2) is 0 Å². The van der Waals surface area contributed by atoms with Crippen molar-refractivity contribution in [2.24, 2.45) is 0 Å². The van der Waals surface area contributed by atoms with Gasteiger partial charge in [0.25, 0.3) is 5.91 Å². The SMILES string of the molecule is CCCC(Br)CNC(=O)c1ccc(O)cc1O. The van der Waals surface area contributed by atoms with Gasteiger partial charge in [-0.15, -0.1) is 0 Å².